The molecule has 3 nitrogen and oxygen atoms in total. The van der Waals surface area contributed by atoms with Gasteiger partial charge < -0.3 is 10.6 Å². The van der Waals surface area contributed by atoms with Crippen LogP contribution in [-0.4, -0.2) is 29.9 Å². The summed E-state index contributed by atoms with van der Waals surface area (Å²) in [5.41, 5.74) is 5.86. The molecule has 1 amide bonds. The Morgan fingerprint density at radius 3 is 2.71 bits per heavy atom. The number of nitrogens with zero attached hydrogens (tertiary/aromatic N) is 1. The molecule has 2 rings (SSSR count). The maximum absolute atomic E-state index is 12.0. The molecule has 1 unspecified atom stereocenters. The summed E-state index contributed by atoms with van der Waals surface area (Å²) in [6, 6.07) is 0.208. The van der Waals surface area contributed by atoms with E-state index in [2.05, 4.69) is 6.92 Å². The number of hydrogen-bond acceptors (Lipinski definition) is 2. The molecule has 0 bridgehead atoms. The van der Waals surface area contributed by atoms with Crippen LogP contribution in [0.25, 0.3) is 0 Å². The van der Waals surface area contributed by atoms with Crippen molar-refractivity contribution in [2.75, 3.05) is 13.1 Å². The van der Waals surface area contributed by atoms with E-state index in [1.807, 2.05) is 4.90 Å². The first-order chi connectivity index (χ1) is 6.68. The minimum Gasteiger partial charge on any atom is -0.341 e. The number of carbonyl (C=O) groups is 1. The van der Waals surface area contributed by atoms with Crippen LogP contribution >= 0.6 is 0 Å². The molecular weight excluding hydrogens is 176 g/mol. The molecule has 2 N–H and O–H groups in total. The number of likely N-dealkylation sites (tertiary alicyclic amines) is 1. The molecule has 14 heavy (non-hydrogen) atoms. The third-order valence-corrected chi connectivity index (χ3v) is 3.49. The van der Waals surface area contributed by atoms with Crippen molar-refractivity contribution in [3.63, 3.8) is 0 Å². The van der Waals surface area contributed by atoms with E-state index in [9.17, 15) is 4.79 Å². The second-order valence-electron chi connectivity index (χ2n) is 4.81. The summed E-state index contributed by atoms with van der Waals surface area (Å²) in [7, 11) is 0. The zero-order valence-corrected chi connectivity index (χ0v) is 8.91. The fraction of sp³-hybridized carbons (Fsp3) is 0.909. The topological polar surface area (TPSA) is 46.3 Å². The minimum absolute atomic E-state index is 0.208. The van der Waals surface area contributed by atoms with Crippen LogP contribution in [0.1, 0.15) is 32.6 Å². The van der Waals surface area contributed by atoms with E-state index in [0.717, 1.165) is 25.9 Å². The average Bonchev–Trinajstić information content (AvgIpc) is 2.99. The highest BCUT2D eigenvalue weighted by atomic mass is 16.2. The highest BCUT2D eigenvalue weighted by molar-refractivity contribution is 5.79. The van der Waals surface area contributed by atoms with Crippen molar-refractivity contribution in [3.05, 3.63) is 0 Å². The third kappa shape index (κ3) is 2.08. The van der Waals surface area contributed by atoms with Crippen molar-refractivity contribution >= 4 is 5.91 Å². The lowest BCUT2D eigenvalue weighted by Gasteiger charge is -2.32. The molecular formula is C11H20N2O. The smallest absolute Gasteiger partial charge is 0.225 e. The standard InChI is InChI=1S/C11H20N2O/c1-8(9-4-5-9)11(14)13-6-2-3-10(12)7-13/h8-10H,2-7,12H2,1H3/t8?,10-/m1/s1. The predicted octanol–water partition coefficient (Wildman–Crippen LogP) is 0.982. The molecule has 2 fully saturated rings. The summed E-state index contributed by atoms with van der Waals surface area (Å²) in [6.45, 7) is 3.76. The summed E-state index contributed by atoms with van der Waals surface area (Å²) < 4.78 is 0. The normalized spacial score (nSPS) is 30.1. The Morgan fingerprint density at radius 1 is 1.43 bits per heavy atom. The fourth-order valence-corrected chi connectivity index (χ4v) is 2.30. The van der Waals surface area contributed by atoms with Crippen molar-refractivity contribution in [1.82, 2.24) is 4.90 Å². The van der Waals surface area contributed by atoms with Crippen LogP contribution in [0.4, 0.5) is 0 Å². The van der Waals surface area contributed by atoms with Crippen molar-refractivity contribution in [3.8, 4) is 0 Å². The molecule has 2 atom stereocenters. The monoisotopic (exact) mass is 196 g/mol. The molecule has 1 saturated carbocycles. The van der Waals surface area contributed by atoms with E-state index in [4.69, 9.17) is 5.73 Å². The van der Waals surface area contributed by atoms with E-state index in [-0.39, 0.29) is 12.0 Å². The molecule has 0 aromatic heterocycles. The first-order valence-electron chi connectivity index (χ1n) is 5.73. The van der Waals surface area contributed by atoms with Crippen LogP contribution < -0.4 is 5.73 Å². The largest absolute Gasteiger partial charge is 0.341 e. The van der Waals surface area contributed by atoms with Gasteiger partial charge in [0, 0.05) is 25.0 Å². The van der Waals surface area contributed by atoms with Crippen LogP contribution in [0, 0.1) is 11.8 Å². The van der Waals surface area contributed by atoms with Crippen LogP contribution in [0.2, 0.25) is 0 Å². The lowest BCUT2D eigenvalue weighted by molar-refractivity contribution is -0.136. The van der Waals surface area contributed by atoms with Gasteiger partial charge in [-0.2, -0.15) is 0 Å². The van der Waals surface area contributed by atoms with Gasteiger partial charge in [0.25, 0.3) is 0 Å². The van der Waals surface area contributed by atoms with Gasteiger partial charge in [-0.05, 0) is 31.6 Å². The molecule has 0 spiro atoms. The first kappa shape index (κ1) is 9.97. The van der Waals surface area contributed by atoms with Gasteiger partial charge in [-0.1, -0.05) is 6.92 Å². The fourth-order valence-electron chi connectivity index (χ4n) is 2.30. The van der Waals surface area contributed by atoms with Crippen molar-refractivity contribution in [2.24, 2.45) is 17.6 Å². The zero-order chi connectivity index (χ0) is 10.1. The number of rotatable bonds is 2. The number of piperidine rings is 1. The van der Waals surface area contributed by atoms with Gasteiger partial charge in [0.05, 0.1) is 0 Å². The summed E-state index contributed by atoms with van der Waals surface area (Å²) in [5.74, 6) is 1.24. The number of carbonyl (C=O) groups excluding carboxylic acids is 1. The zero-order valence-electron chi connectivity index (χ0n) is 8.91. The Balaban J connectivity index is 1.89. The Bertz CT molecular complexity index is 225. The Kier molecular flexibility index (Phi) is 2.77. The van der Waals surface area contributed by atoms with E-state index in [1.54, 1.807) is 0 Å². The molecule has 3 heteroatoms. The van der Waals surface area contributed by atoms with Gasteiger partial charge in [-0.15, -0.1) is 0 Å². The minimum atomic E-state index is 0.208. The summed E-state index contributed by atoms with van der Waals surface area (Å²) >= 11 is 0. The molecule has 2 aliphatic rings. The maximum atomic E-state index is 12.0. The third-order valence-electron chi connectivity index (χ3n) is 3.49. The van der Waals surface area contributed by atoms with Gasteiger partial charge in [-0.3, -0.25) is 4.79 Å². The summed E-state index contributed by atoms with van der Waals surface area (Å²) in [4.78, 5) is 14.0. The Morgan fingerprint density at radius 2 is 2.14 bits per heavy atom. The van der Waals surface area contributed by atoms with E-state index in [1.165, 1.54) is 12.8 Å². The van der Waals surface area contributed by atoms with Crippen molar-refractivity contribution in [1.29, 1.82) is 0 Å². The van der Waals surface area contributed by atoms with Crippen molar-refractivity contribution < 1.29 is 4.79 Å². The molecule has 0 aromatic rings. The van der Waals surface area contributed by atoms with Crippen LogP contribution in [0.5, 0.6) is 0 Å². The lowest BCUT2D eigenvalue weighted by Crippen LogP contribution is -2.47. The molecule has 80 valence electrons. The van der Waals surface area contributed by atoms with E-state index < -0.39 is 0 Å². The SMILES string of the molecule is CC(C(=O)N1CCC[C@@H](N)C1)C1CC1. The Labute approximate surface area is 85.6 Å². The molecule has 0 radical (unpaired) electrons. The maximum Gasteiger partial charge on any atom is 0.225 e. The van der Waals surface area contributed by atoms with Gasteiger partial charge in [0.1, 0.15) is 0 Å². The van der Waals surface area contributed by atoms with Gasteiger partial charge in [0.2, 0.25) is 5.91 Å². The predicted molar refractivity (Wildman–Crippen MR) is 55.7 cm³/mol. The highest BCUT2D eigenvalue weighted by Crippen LogP contribution is 2.37. The molecule has 1 saturated heterocycles. The van der Waals surface area contributed by atoms with Crippen molar-refractivity contribution in [2.45, 2.75) is 38.6 Å². The first-order valence-corrected chi connectivity index (χ1v) is 5.73. The van der Waals surface area contributed by atoms with Gasteiger partial charge in [0.15, 0.2) is 0 Å². The second kappa shape index (κ2) is 3.89. The van der Waals surface area contributed by atoms with Gasteiger partial charge >= 0.3 is 0 Å². The molecule has 0 aromatic carbocycles. The molecule has 1 heterocycles. The lowest BCUT2D eigenvalue weighted by atomic mass is 10.0. The van der Waals surface area contributed by atoms with Crippen LogP contribution in [-0.2, 0) is 4.79 Å². The van der Waals surface area contributed by atoms with Gasteiger partial charge in [-0.25, -0.2) is 0 Å². The summed E-state index contributed by atoms with van der Waals surface area (Å²) in [5, 5.41) is 0. The number of amides is 1. The second-order valence-corrected chi connectivity index (χ2v) is 4.81. The van der Waals surface area contributed by atoms with Crippen LogP contribution in [0.3, 0.4) is 0 Å². The molecule has 1 aliphatic heterocycles. The number of nitrogens with two attached hydrogens (primary N) is 1. The summed E-state index contributed by atoms with van der Waals surface area (Å²) in [6.07, 6.45) is 4.63. The number of hydrogen-bond donors (Lipinski definition) is 1. The van der Waals surface area contributed by atoms with Crippen LogP contribution in [0.15, 0.2) is 0 Å². The van der Waals surface area contributed by atoms with E-state index >= 15 is 0 Å². The highest BCUT2D eigenvalue weighted by Gasteiger charge is 2.35. The quantitative estimate of drug-likeness (QED) is 0.715. The molecule has 1 aliphatic carbocycles. The Hall–Kier alpha value is -0.570. The average molecular weight is 196 g/mol. The van der Waals surface area contributed by atoms with E-state index in [0.29, 0.717) is 11.8 Å².